The molecule has 0 aromatic heterocycles. The smallest absolute Gasteiger partial charge is 0.306 e. The number of hydrogen-bond acceptors (Lipinski definition) is 15. The molecule has 2 rings (SSSR count). The summed E-state index contributed by atoms with van der Waals surface area (Å²) in [6.07, 6.45) is 23.5. The summed E-state index contributed by atoms with van der Waals surface area (Å²) < 4.78 is 33.6. The topological polar surface area (TPSA) is 231 Å². The van der Waals surface area contributed by atoms with Crippen LogP contribution in [0.25, 0.3) is 0 Å². The molecule has 392 valence electrons. The molecule has 0 amide bonds. The molecule has 0 aliphatic carbocycles. The van der Waals surface area contributed by atoms with Crippen LogP contribution < -0.4 is 0 Å². The summed E-state index contributed by atoms with van der Waals surface area (Å²) in [5, 5.41) is 72.1. The lowest BCUT2D eigenvalue weighted by Gasteiger charge is -2.42. The molecule has 11 atom stereocenters. The van der Waals surface area contributed by atoms with Crippen molar-refractivity contribution in [1.29, 1.82) is 0 Å². The first-order valence-corrected chi connectivity index (χ1v) is 26.4. The minimum atomic E-state index is -1.77. The van der Waals surface area contributed by atoms with E-state index in [-0.39, 0.29) is 26.1 Å². The largest absolute Gasteiger partial charge is 0.462 e. The van der Waals surface area contributed by atoms with Crippen LogP contribution in [0.15, 0.2) is 24.3 Å². The average Bonchev–Trinajstić information content (AvgIpc) is 3.32. The van der Waals surface area contributed by atoms with Gasteiger partial charge in [-0.2, -0.15) is 0 Å². The molecular weight excluding hydrogens is 865 g/mol. The Hall–Kier alpha value is -2.02. The standard InChI is InChI=1S/C52H94O15/c1-3-5-7-9-11-13-15-17-19-21-23-25-27-29-31-33-35-44(55)65-40(37-62-43(54)34-32-30-28-26-24-22-20-18-16-14-12-10-8-6-4-2)38-63-51-50(61)48(59)46(57)42(67-51)39-64-52-49(60)47(58)45(56)41(36-53)66-52/h18,20,24,26,40-42,45-53,56-61H,3-17,19,21-23,25,27-39H2,1-2H3/b20-18+,26-24+/t40-,41-,42-,45+,46+,47?,48?,49?,50?,51-,52-/m1/s1. The van der Waals surface area contributed by atoms with Crippen molar-refractivity contribution in [3.8, 4) is 0 Å². The Labute approximate surface area is 403 Å². The predicted molar refractivity (Wildman–Crippen MR) is 257 cm³/mol. The fourth-order valence-electron chi connectivity index (χ4n) is 8.31. The van der Waals surface area contributed by atoms with Crippen molar-refractivity contribution in [3.05, 3.63) is 24.3 Å². The van der Waals surface area contributed by atoms with Crippen molar-refractivity contribution in [2.75, 3.05) is 26.4 Å². The number of carbonyl (C=O) groups excluding carboxylic acids is 2. The zero-order valence-corrected chi connectivity index (χ0v) is 41.4. The van der Waals surface area contributed by atoms with Gasteiger partial charge in [-0.05, 0) is 44.9 Å². The van der Waals surface area contributed by atoms with Crippen molar-refractivity contribution < 1.29 is 73.8 Å². The van der Waals surface area contributed by atoms with Gasteiger partial charge in [0.25, 0.3) is 0 Å². The minimum absolute atomic E-state index is 0.163. The van der Waals surface area contributed by atoms with Gasteiger partial charge in [-0.25, -0.2) is 0 Å². The fourth-order valence-corrected chi connectivity index (χ4v) is 8.31. The number of esters is 2. The highest BCUT2D eigenvalue weighted by Crippen LogP contribution is 2.26. The number of hydrogen-bond donors (Lipinski definition) is 7. The SMILES string of the molecule is CCCCCCCC/C=C/C/C=C/CCCCC(=O)OC[C@H](CO[C@@H]1O[C@H](CO[C@@H]2O[C@H](CO)[C@H](O)C(O)C2O)[C@H](O)C(O)C1O)OC(=O)CCCCCCCCCCCCCCCCCC. The van der Waals surface area contributed by atoms with Gasteiger partial charge in [0.05, 0.1) is 19.8 Å². The Morgan fingerprint density at radius 2 is 0.896 bits per heavy atom. The van der Waals surface area contributed by atoms with Gasteiger partial charge in [-0.1, -0.05) is 167 Å². The van der Waals surface area contributed by atoms with Crippen molar-refractivity contribution in [2.24, 2.45) is 0 Å². The van der Waals surface area contributed by atoms with E-state index in [4.69, 9.17) is 28.4 Å². The normalized spacial score (nSPS) is 26.1. The Balaban J connectivity index is 1.81. The summed E-state index contributed by atoms with van der Waals surface area (Å²) >= 11 is 0. The number of unbranched alkanes of at least 4 members (excludes halogenated alkanes) is 23. The highest BCUT2D eigenvalue weighted by Gasteiger charge is 2.47. The number of rotatable bonds is 41. The minimum Gasteiger partial charge on any atom is -0.462 e. The number of ether oxygens (including phenoxy) is 6. The van der Waals surface area contributed by atoms with Crippen molar-refractivity contribution in [1.82, 2.24) is 0 Å². The summed E-state index contributed by atoms with van der Waals surface area (Å²) in [6.45, 7) is 2.57. The second kappa shape index (κ2) is 39.7. The number of carbonyl (C=O) groups is 2. The van der Waals surface area contributed by atoms with Gasteiger partial charge in [-0.15, -0.1) is 0 Å². The molecule has 2 aliphatic rings. The van der Waals surface area contributed by atoms with Gasteiger partial charge in [0.1, 0.15) is 55.4 Å². The number of aliphatic hydroxyl groups is 7. The molecule has 67 heavy (non-hydrogen) atoms. The maximum Gasteiger partial charge on any atom is 0.306 e. The molecule has 0 aromatic carbocycles. The molecule has 0 saturated carbocycles. The first-order valence-electron chi connectivity index (χ1n) is 26.4. The van der Waals surface area contributed by atoms with E-state index in [9.17, 15) is 45.3 Å². The van der Waals surface area contributed by atoms with Crippen LogP contribution >= 0.6 is 0 Å². The van der Waals surface area contributed by atoms with Crippen molar-refractivity contribution >= 4 is 11.9 Å². The first kappa shape index (κ1) is 61.1. The third kappa shape index (κ3) is 27.8. The molecule has 2 fully saturated rings. The predicted octanol–water partition coefficient (Wildman–Crippen LogP) is 7.55. The summed E-state index contributed by atoms with van der Waals surface area (Å²) in [7, 11) is 0. The van der Waals surface area contributed by atoms with Gasteiger partial charge >= 0.3 is 11.9 Å². The van der Waals surface area contributed by atoms with E-state index in [0.29, 0.717) is 12.8 Å². The third-order valence-corrected chi connectivity index (χ3v) is 12.7. The van der Waals surface area contributed by atoms with Crippen LogP contribution in [0, 0.1) is 0 Å². The summed E-state index contributed by atoms with van der Waals surface area (Å²) in [4.78, 5) is 25.8. The van der Waals surface area contributed by atoms with Crippen LogP contribution in [0.5, 0.6) is 0 Å². The molecule has 15 nitrogen and oxygen atoms in total. The summed E-state index contributed by atoms with van der Waals surface area (Å²) in [5.41, 5.74) is 0. The van der Waals surface area contributed by atoms with Crippen LogP contribution in [0.3, 0.4) is 0 Å². The Morgan fingerprint density at radius 3 is 1.42 bits per heavy atom. The van der Waals surface area contributed by atoms with Gasteiger partial charge in [-0.3, -0.25) is 9.59 Å². The van der Waals surface area contributed by atoms with E-state index in [1.165, 1.54) is 116 Å². The zero-order chi connectivity index (χ0) is 48.9. The van der Waals surface area contributed by atoms with Crippen molar-refractivity contribution in [3.63, 3.8) is 0 Å². The second-order valence-corrected chi connectivity index (χ2v) is 18.7. The van der Waals surface area contributed by atoms with Crippen LogP contribution in [-0.4, -0.2) is 142 Å². The van der Waals surface area contributed by atoms with Gasteiger partial charge in [0.15, 0.2) is 18.7 Å². The van der Waals surface area contributed by atoms with E-state index in [1.54, 1.807) is 0 Å². The lowest BCUT2D eigenvalue weighted by molar-refractivity contribution is -0.332. The number of aliphatic hydroxyl groups excluding tert-OH is 7. The summed E-state index contributed by atoms with van der Waals surface area (Å²) in [6, 6.07) is 0. The summed E-state index contributed by atoms with van der Waals surface area (Å²) in [5.74, 6) is -0.955. The lowest BCUT2D eigenvalue weighted by atomic mass is 9.98. The van der Waals surface area contributed by atoms with Gasteiger partial charge in [0, 0.05) is 12.8 Å². The second-order valence-electron chi connectivity index (χ2n) is 18.7. The highest BCUT2D eigenvalue weighted by atomic mass is 16.7. The molecule has 2 saturated heterocycles. The molecule has 7 N–H and O–H groups in total. The molecule has 2 heterocycles. The molecule has 15 heteroatoms. The van der Waals surface area contributed by atoms with Crippen molar-refractivity contribution in [2.45, 2.75) is 268 Å². The van der Waals surface area contributed by atoms with Crippen LogP contribution in [0.4, 0.5) is 0 Å². The number of allylic oxidation sites excluding steroid dienone is 4. The van der Waals surface area contributed by atoms with Crippen LogP contribution in [0.2, 0.25) is 0 Å². The van der Waals surface area contributed by atoms with E-state index in [0.717, 1.165) is 44.9 Å². The maximum absolute atomic E-state index is 13.0. The monoisotopic (exact) mass is 959 g/mol. The highest BCUT2D eigenvalue weighted by molar-refractivity contribution is 5.70. The van der Waals surface area contributed by atoms with Gasteiger partial charge < -0.3 is 64.2 Å². The molecule has 2 aliphatic heterocycles. The van der Waals surface area contributed by atoms with E-state index in [1.807, 2.05) is 0 Å². The molecular formula is C52H94O15. The van der Waals surface area contributed by atoms with E-state index < -0.39 is 92.7 Å². The first-order chi connectivity index (χ1) is 32.5. The van der Waals surface area contributed by atoms with E-state index in [2.05, 4.69) is 38.2 Å². The maximum atomic E-state index is 13.0. The Bertz CT molecular complexity index is 1270. The lowest BCUT2D eigenvalue weighted by Crippen LogP contribution is -2.61. The average molecular weight is 959 g/mol. The zero-order valence-electron chi connectivity index (χ0n) is 41.4. The van der Waals surface area contributed by atoms with E-state index >= 15 is 0 Å². The molecule has 0 aromatic rings. The van der Waals surface area contributed by atoms with Gasteiger partial charge in [0.2, 0.25) is 0 Å². The third-order valence-electron chi connectivity index (χ3n) is 12.7. The molecule has 0 bridgehead atoms. The Kier molecular flexibility index (Phi) is 36.2. The van der Waals surface area contributed by atoms with Crippen LogP contribution in [-0.2, 0) is 38.0 Å². The fraction of sp³-hybridized carbons (Fsp3) is 0.885. The molecule has 0 spiro atoms. The Morgan fingerprint density at radius 1 is 0.478 bits per heavy atom. The van der Waals surface area contributed by atoms with Crippen LogP contribution in [0.1, 0.15) is 200 Å². The molecule has 4 unspecified atom stereocenters. The molecule has 0 radical (unpaired) electrons. The quantitative estimate of drug-likeness (QED) is 0.0178.